The van der Waals surface area contributed by atoms with Gasteiger partial charge in [-0.25, -0.2) is 8.42 Å². The number of methoxy groups -OCH3 is 1. The molecule has 43 heavy (non-hydrogen) atoms. The molecule has 10 nitrogen and oxygen atoms in total. The van der Waals surface area contributed by atoms with Crippen molar-refractivity contribution < 1.29 is 27.5 Å². The van der Waals surface area contributed by atoms with Crippen LogP contribution in [0.5, 0.6) is 5.75 Å². The smallest absolute Gasteiger partial charge is 0.258 e. The van der Waals surface area contributed by atoms with E-state index in [9.17, 15) is 18.0 Å². The number of fused-ring (bicyclic) bond motifs is 1. The number of hydrogen-bond acceptors (Lipinski definition) is 8. The molecular formula is C31H36N4O6S2. The Morgan fingerprint density at radius 3 is 2.33 bits per heavy atom. The summed E-state index contributed by atoms with van der Waals surface area (Å²) in [5, 5.41) is 6.50. The number of aryl methyl sites for hydroxylation is 1. The SMILES string of the molecule is COc1ccc(NC(=O)c2c(NC(=O)c3cc(S(=O)(=O)N4CCOCC4)ccc3N3CCCC3)sc3c2CCCC3)cc1. The lowest BCUT2D eigenvalue weighted by molar-refractivity contribution is 0.0730. The fourth-order valence-corrected chi connectivity index (χ4v) is 8.68. The van der Waals surface area contributed by atoms with Gasteiger partial charge in [0.05, 0.1) is 36.3 Å². The first-order valence-electron chi connectivity index (χ1n) is 14.7. The largest absolute Gasteiger partial charge is 0.497 e. The van der Waals surface area contributed by atoms with Crippen LogP contribution in [0.4, 0.5) is 16.4 Å². The minimum absolute atomic E-state index is 0.0745. The van der Waals surface area contributed by atoms with Gasteiger partial charge in [-0.1, -0.05) is 0 Å². The molecule has 3 aliphatic rings. The molecular weight excluding hydrogens is 588 g/mol. The zero-order valence-corrected chi connectivity index (χ0v) is 25.8. The number of carbonyl (C=O) groups excluding carboxylic acids is 2. The van der Waals surface area contributed by atoms with Crippen LogP contribution in [0.2, 0.25) is 0 Å². The van der Waals surface area contributed by atoms with E-state index in [0.717, 1.165) is 62.1 Å². The lowest BCUT2D eigenvalue weighted by atomic mass is 9.95. The van der Waals surface area contributed by atoms with E-state index in [1.54, 1.807) is 43.5 Å². The van der Waals surface area contributed by atoms with Crippen LogP contribution < -0.4 is 20.3 Å². The van der Waals surface area contributed by atoms with Gasteiger partial charge in [0.1, 0.15) is 10.8 Å². The van der Waals surface area contributed by atoms with Crippen LogP contribution in [0.15, 0.2) is 47.4 Å². The third-order valence-corrected chi connectivity index (χ3v) is 11.3. The maximum Gasteiger partial charge on any atom is 0.258 e. The van der Waals surface area contributed by atoms with Crippen molar-refractivity contribution in [3.05, 3.63) is 64.0 Å². The van der Waals surface area contributed by atoms with Crippen molar-refractivity contribution in [1.29, 1.82) is 0 Å². The second kappa shape index (κ2) is 12.7. The molecule has 0 spiro atoms. The Balaban J connectivity index is 1.34. The molecule has 0 saturated carbocycles. The van der Waals surface area contributed by atoms with Crippen LogP contribution >= 0.6 is 11.3 Å². The molecule has 1 aromatic heterocycles. The molecule has 2 N–H and O–H groups in total. The molecule has 2 saturated heterocycles. The van der Waals surface area contributed by atoms with Gasteiger partial charge in [-0.3, -0.25) is 9.59 Å². The number of hydrogen-bond donors (Lipinski definition) is 2. The summed E-state index contributed by atoms with van der Waals surface area (Å²) in [7, 11) is -2.22. The predicted molar refractivity (Wildman–Crippen MR) is 167 cm³/mol. The molecule has 0 radical (unpaired) electrons. The monoisotopic (exact) mass is 624 g/mol. The van der Waals surface area contributed by atoms with E-state index in [1.807, 2.05) is 0 Å². The summed E-state index contributed by atoms with van der Waals surface area (Å²) in [5.74, 6) is -0.0353. The molecule has 2 fully saturated rings. The van der Waals surface area contributed by atoms with Crippen molar-refractivity contribution in [3.8, 4) is 5.75 Å². The Morgan fingerprint density at radius 1 is 0.884 bits per heavy atom. The van der Waals surface area contributed by atoms with Gasteiger partial charge in [0, 0.05) is 42.4 Å². The summed E-state index contributed by atoms with van der Waals surface area (Å²) in [5.41, 5.74) is 3.05. The van der Waals surface area contributed by atoms with Gasteiger partial charge in [-0.2, -0.15) is 4.31 Å². The number of morpholine rings is 1. The highest BCUT2D eigenvalue weighted by Crippen LogP contribution is 2.39. The maximum absolute atomic E-state index is 14.1. The van der Waals surface area contributed by atoms with E-state index in [4.69, 9.17) is 9.47 Å². The first-order valence-corrected chi connectivity index (χ1v) is 17.0. The zero-order valence-electron chi connectivity index (χ0n) is 24.2. The molecule has 1 aliphatic carbocycles. The van der Waals surface area contributed by atoms with Crippen LogP contribution in [0.1, 0.15) is 56.8 Å². The number of sulfonamides is 1. The Bertz CT molecular complexity index is 1610. The second-order valence-electron chi connectivity index (χ2n) is 10.9. The Kier molecular flexibility index (Phi) is 8.71. The molecule has 2 aromatic carbocycles. The summed E-state index contributed by atoms with van der Waals surface area (Å²) in [6.07, 6.45) is 5.62. The van der Waals surface area contributed by atoms with Crippen molar-refractivity contribution in [3.63, 3.8) is 0 Å². The average molecular weight is 625 g/mol. The minimum atomic E-state index is -3.81. The predicted octanol–water partition coefficient (Wildman–Crippen LogP) is 4.76. The van der Waals surface area contributed by atoms with Gasteiger partial charge in [0.15, 0.2) is 0 Å². The molecule has 3 aromatic rings. The highest BCUT2D eigenvalue weighted by molar-refractivity contribution is 7.89. The summed E-state index contributed by atoms with van der Waals surface area (Å²) >= 11 is 1.43. The number of carbonyl (C=O) groups is 2. The van der Waals surface area contributed by atoms with Gasteiger partial charge in [0.25, 0.3) is 11.8 Å². The van der Waals surface area contributed by atoms with E-state index >= 15 is 0 Å². The molecule has 0 unspecified atom stereocenters. The van der Waals surface area contributed by atoms with Gasteiger partial charge >= 0.3 is 0 Å². The van der Waals surface area contributed by atoms with E-state index in [-0.39, 0.29) is 29.5 Å². The Hall–Kier alpha value is -3.45. The molecule has 6 rings (SSSR count). The first kappa shape index (κ1) is 29.6. The third-order valence-electron chi connectivity index (χ3n) is 8.24. The summed E-state index contributed by atoms with van der Waals surface area (Å²) < 4.78 is 39.0. The van der Waals surface area contributed by atoms with E-state index in [2.05, 4.69) is 15.5 Å². The number of ether oxygens (including phenoxy) is 2. The molecule has 3 heterocycles. The second-order valence-corrected chi connectivity index (χ2v) is 14.0. The maximum atomic E-state index is 14.1. The first-order chi connectivity index (χ1) is 20.8. The van der Waals surface area contributed by atoms with Gasteiger partial charge < -0.3 is 25.0 Å². The lowest BCUT2D eigenvalue weighted by Gasteiger charge is -2.27. The molecule has 0 bridgehead atoms. The average Bonchev–Trinajstić information content (AvgIpc) is 3.70. The van der Waals surface area contributed by atoms with Crippen LogP contribution in [-0.2, 0) is 27.6 Å². The fraction of sp³-hybridized carbons (Fsp3) is 0.419. The Labute approximate surface area is 256 Å². The van der Waals surface area contributed by atoms with E-state index in [1.165, 1.54) is 21.7 Å². The Morgan fingerprint density at radius 2 is 1.60 bits per heavy atom. The number of anilines is 3. The van der Waals surface area contributed by atoms with Crippen molar-refractivity contribution in [2.24, 2.45) is 0 Å². The minimum Gasteiger partial charge on any atom is -0.497 e. The van der Waals surface area contributed by atoms with E-state index < -0.39 is 15.9 Å². The zero-order chi connectivity index (χ0) is 30.0. The third kappa shape index (κ3) is 6.14. The molecule has 0 atom stereocenters. The normalized spacial score (nSPS) is 17.4. The lowest BCUT2D eigenvalue weighted by Crippen LogP contribution is -2.40. The van der Waals surface area contributed by atoms with Gasteiger partial charge in [-0.05, 0) is 86.6 Å². The number of nitrogens with one attached hydrogen (secondary N) is 2. The number of thiophene rings is 1. The number of nitrogens with zero attached hydrogens (tertiary/aromatic N) is 2. The quantitative estimate of drug-likeness (QED) is 0.371. The highest BCUT2D eigenvalue weighted by atomic mass is 32.2. The van der Waals surface area contributed by atoms with Crippen molar-refractivity contribution in [1.82, 2.24) is 4.31 Å². The van der Waals surface area contributed by atoms with Crippen LogP contribution in [0.25, 0.3) is 0 Å². The molecule has 2 amide bonds. The van der Waals surface area contributed by atoms with Gasteiger partial charge in [0.2, 0.25) is 10.0 Å². The van der Waals surface area contributed by atoms with Crippen LogP contribution in [0, 0.1) is 0 Å². The summed E-state index contributed by atoms with van der Waals surface area (Å²) in [6, 6.07) is 11.9. The number of amides is 2. The number of benzene rings is 2. The topological polar surface area (TPSA) is 117 Å². The van der Waals surface area contributed by atoms with Crippen molar-refractivity contribution >= 4 is 49.6 Å². The van der Waals surface area contributed by atoms with Crippen LogP contribution in [-0.4, -0.2) is 71.0 Å². The van der Waals surface area contributed by atoms with E-state index in [0.29, 0.717) is 40.9 Å². The fourth-order valence-electron chi connectivity index (χ4n) is 5.96. The van der Waals surface area contributed by atoms with Crippen LogP contribution in [0.3, 0.4) is 0 Å². The molecule has 2 aliphatic heterocycles. The summed E-state index contributed by atoms with van der Waals surface area (Å²) in [4.78, 5) is 31.0. The van der Waals surface area contributed by atoms with Crippen molar-refractivity contribution in [2.75, 3.05) is 62.0 Å². The van der Waals surface area contributed by atoms with Crippen molar-refractivity contribution in [2.45, 2.75) is 43.4 Å². The molecule has 228 valence electrons. The number of rotatable bonds is 8. The summed E-state index contributed by atoms with van der Waals surface area (Å²) in [6.45, 7) is 2.79. The highest BCUT2D eigenvalue weighted by Gasteiger charge is 2.31. The standard InChI is InChI=1S/C31H36N4O6S2/c1-40-22-10-8-21(9-11-22)32-30(37)28-24-6-2-3-7-27(24)42-31(28)33-29(36)25-20-23(12-13-26(25)34-14-4-5-15-34)43(38,39)35-16-18-41-19-17-35/h8-13,20H,2-7,14-19H2,1H3,(H,32,37)(H,33,36). The molecule has 12 heteroatoms. The van der Waals surface area contributed by atoms with Gasteiger partial charge in [-0.15, -0.1) is 11.3 Å².